The summed E-state index contributed by atoms with van der Waals surface area (Å²) in [5, 5.41) is 8.92. The minimum Gasteiger partial charge on any atom is -0.338 e. The number of benzene rings is 3. The van der Waals surface area contributed by atoms with Crippen molar-refractivity contribution in [2.24, 2.45) is 7.05 Å². The molecule has 0 radical (unpaired) electrons. The molecule has 0 aliphatic rings. The Bertz CT molecular complexity index is 1750. The second-order valence-electron chi connectivity index (χ2n) is 8.78. The van der Waals surface area contributed by atoms with Gasteiger partial charge in [-0.2, -0.15) is 10.1 Å². The molecule has 10 heteroatoms. The number of imidazole rings is 1. The van der Waals surface area contributed by atoms with Gasteiger partial charge in [0.15, 0.2) is 11.6 Å². The summed E-state index contributed by atoms with van der Waals surface area (Å²) in [4.78, 5) is 18.4. The lowest BCUT2D eigenvalue weighted by molar-refractivity contribution is 0.510. The molecule has 6 aromatic rings. The van der Waals surface area contributed by atoms with Gasteiger partial charge in [0, 0.05) is 60.4 Å². The maximum absolute atomic E-state index is 13.6. The van der Waals surface area contributed by atoms with E-state index in [1.807, 2.05) is 73.1 Å². The quantitative estimate of drug-likeness (QED) is 0.304. The van der Waals surface area contributed by atoms with E-state index in [1.54, 1.807) is 6.20 Å². The minimum absolute atomic E-state index is 0.352. The standard InChI is InChI=1S/C27H22F2N8/c1-15-19-8-7-18(12-22(19)35-37(15)3)36(2)25-9-10-30-27(34-25)31-17-6-4-5-16(11-17)26-32-23-13-20(28)21(29)14-24(23)33-26/h4-14H,1-3H3,(H,32,33)(H,30,31,34). The Kier molecular flexibility index (Phi) is 5.29. The van der Waals surface area contributed by atoms with Gasteiger partial charge in [0.05, 0.1) is 16.6 Å². The van der Waals surface area contributed by atoms with Gasteiger partial charge in [-0.1, -0.05) is 12.1 Å². The number of fused-ring (bicyclic) bond motifs is 2. The van der Waals surface area contributed by atoms with Crippen LogP contribution >= 0.6 is 0 Å². The molecule has 3 heterocycles. The van der Waals surface area contributed by atoms with Crippen molar-refractivity contribution in [2.75, 3.05) is 17.3 Å². The first-order chi connectivity index (χ1) is 17.9. The molecule has 37 heavy (non-hydrogen) atoms. The molecule has 184 valence electrons. The van der Waals surface area contributed by atoms with Crippen LogP contribution in [0.2, 0.25) is 0 Å². The van der Waals surface area contributed by atoms with Gasteiger partial charge in [-0.05, 0) is 43.3 Å². The van der Waals surface area contributed by atoms with E-state index in [4.69, 9.17) is 0 Å². The molecular weight excluding hydrogens is 474 g/mol. The fraction of sp³-hybridized carbons (Fsp3) is 0.111. The lowest BCUT2D eigenvalue weighted by Crippen LogP contribution is -2.12. The molecule has 0 unspecified atom stereocenters. The Hall–Kier alpha value is -4.86. The second kappa shape index (κ2) is 8.66. The summed E-state index contributed by atoms with van der Waals surface area (Å²) in [5.41, 5.74) is 5.24. The predicted octanol–water partition coefficient (Wildman–Crippen LogP) is 6.00. The van der Waals surface area contributed by atoms with E-state index in [-0.39, 0.29) is 0 Å². The molecular formula is C27H22F2N8. The summed E-state index contributed by atoms with van der Waals surface area (Å²) in [6.07, 6.45) is 1.69. The zero-order chi connectivity index (χ0) is 25.7. The van der Waals surface area contributed by atoms with Crippen molar-refractivity contribution in [1.82, 2.24) is 29.7 Å². The number of hydrogen-bond acceptors (Lipinski definition) is 6. The molecule has 0 saturated carbocycles. The average molecular weight is 497 g/mol. The van der Waals surface area contributed by atoms with E-state index in [2.05, 4.69) is 36.4 Å². The van der Waals surface area contributed by atoms with E-state index in [1.165, 1.54) is 0 Å². The summed E-state index contributed by atoms with van der Waals surface area (Å²) in [6.45, 7) is 2.05. The van der Waals surface area contributed by atoms with Crippen LogP contribution in [0.25, 0.3) is 33.3 Å². The average Bonchev–Trinajstić information content (AvgIpc) is 3.43. The number of nitrogens with one attached hydrogen (secondary N) is 2. The third-order valence-corrected chi connectivity index (χ3v) is 6.40. The van der Waals surface area contributed by atoms with Crippen LogP contribution in [-0.2, 0) is 7.05 Å². The van der Waals surface area contributed by atoms with E-state index < -0.39 is 11.6 Å². The molecule has 0 amide bonds. The fourth-order valence-electron chi connectivity index (χ4n) is 4.27. The maximum Gasteiger partial charge on any atom is 0.229 e. The summed E-state index contributed by atoms with van der Waals surface area (Å²) < 4.78 is 29.1. The number of rotatable bonds is 5. The fourth-order valence-corrected chi connectivity index (χ4v) is 4.27. The van der Waals surface area contributed by atoms with E-state index in [0.29, 0.717) is 28.6 Å². The number of anilines is 4. The molecule has 2 N–H and O–H groups in total. The van der Waals surface area contributed by atoms with Crippen LogP contribution in [0.5, 0.6) is 0 Å². The van der Waals surface area contributed by atoms with Crippen LogP contribution < -0.4 is 10.2 Å². The van der Waals surface area contributed by atoms with Gasteiger partial charge in [-0.3, -0.25) is 4.68 Å². The lowest BCUT2D eigenvalue weighted by Gasteiger charge is -2.19. The highest BCUT2D eigenvalue weighted by Gasteiger charge is 2.13. The van der Waals surface area contributed by atoms with E-state index in [9.17, 15) is 8.78 Å². The van der Waals surface area contributed by atoms with E-state index in [0.717, 1.165) is 45.7 Å². The summed E-state index contributed by atoms with van der Waals surface area (Å²) >= 11 is 0. The number of nitrogens with zero attached hydrogens (tertiary/aromatic N) is 6. The van der Waals surface area contributed by atoms with Gasteiger partial charge < -0.3 is 15.2 Å². The van der Waals surface area contributed by atoms with Crippen molar-refractivity contribution in [1.29, 1.82) is 0 Å². The van der Waals surface area contributed by atoms with Crippen LogP contribution in [0.3, 0.4) is 0 Å². The second-order valence-corrected chi connectivity index (χ2v) is 8.78. The molecule has 3 aromatic heterocycles. The van der Waals surface area contributed by atoms with Crippen LogP contribution in [0.4, 0.5) is 31.9 Å². The van der Waals surface area contributed by atoms with Crippen LogP contribution in [-0.4, -0.2) is 36.8 Å². The largest absolute Gasteiger partial charge is 0.338 e. The molecule has 0 fully saturated rings. The molecule has 0 aliphatic carbocycles. The van der Waals surface area contributed by atoms with Crippen molar-refractivity contribution >= 4 is 45.1 Å². The monoisotopic (exact) mass is 496 g/mol. The van der Waals surface area contributed by atoms with Crippen LogP contribution in [0.15, 0.2) is 66.9 Å². The number of hydrogen-bond donors (Lipinski definition) is 2. The Morgan fingerprint density at radius 1 is 0.946 bits per heavy atom. The maximum atomic E-state index is 13.6. The molecule has 6 rings (SSSR count). The van der Waals surface area contributed by atoms with Gasteiger partial charge in [-0.25, -0.2) is 18.7 Å². The zero-order valence-corrected chi connectivity index (χ0v) is 20.3. The van der Waals surface area contributed by atoms with Crippen molar-refractivity contribution in [3.05, 3.63) is 84.2 Å². The molecule has 0 bridgehead atoms. The number of H-pyrrole nitrogens is 1. The Balaban J connectivity index is 1.26. The predicted molar refractivity (Wildman–Crippen MR) is 140 cm³/mol. The third-order valence-electron chi connectivity index (χ3n) is 6.40. The first-order valence-corrected chi connectivity index (χ1v) is 11.6. The highest BCUT2D eigenvalue weighted by atomic mass is 19.2. The molecule has 8 nitrogen and oxygen atoms in total. The van der Waals surface area contributed by atoms with Crippen molar-refractivity contribution < 1.29 is 8.78 Å². The molecule has 0 spiro atoms. The van der Waals surface area contributed by atoms with Gasteiger partial charge in [-0.15, -0.1) is 0 Å². The van der Waals surface area contributed by atoms with Crippen LogP contribution in [0, 0.1) is 18.6 Å². The number of aryl methyl sites for hydroxylation is 2. The van der Waals surface area contributed by atoms with Gasteiger partial charge >= 0.3 is 0 Å². The summed E-state index contributed by atoms with van der Waals surface area (Å²) in [6, 6.07) is 17.6. The minimum atomic E-state index is -0.932. The van der Waals surface area contributed by atoms with Crippen molar-refractivity contribution in [3.8, 4) is 11.4 Å². The van der Waals surface area contributed by atoms with Gasteiger partial charge in [0.25, 0.3) is 0 Å². The summed E-state index contributed by atoms with van der Waals surface area (Å²) in [7, 11) is 3.88. The number of aromatic nitrogens is 6. The normalized spacial score (nSPS) is 11.4. The summed E-state index contributed by atoms with van der Waals surface area (Å²) in [5.74, 6) is -0.224. The zero-order valence-electron chi connectivity index (χ0n) is 20.3. The Morgan fingerprint density at radius 3 is 2.65 bits per heavy atom. The highest BCUT2D eigenvalue weighted by Crippen LogP contribution is 2.29. The number of halogens is 2. The molecule has 3 aromatic carbocycles. The van der Waals surface area contributed by atoms with Gasteiger partial charge in [0.2, 0.25) is 5.95 Å². The first-order valence-electron chi connectivity index (χ1n) is 11.6. The molecule has 0 aliphatic heterocycles. The van der Waals surface area contributed by atoms with Crippen molar-refractivity contribution in [3.63, 3.8) is 0 Å². The highest BCUT2D eigenvalue weighted by molar-refractivity contribution is 5.85. The van der Waals surface area contributed by atoms with Crippen LogP contribution in [0.1, 0.15) is 5.69 Å². The SMILES string of the molecule is Cc1c2ccc(N(C)c3ccnc(Nc4cccc(-c5nc6cc(F)c(F)cc6[nH]5)c4)n3)cc2nn1C. The van der Waals surface area contributed by atoms with E-state index >= 15 is 0 Å². The molecule has 0 saturated heterocycles. The van der Waals surface area contributed by atoms with Crippen molar-refractivity contribution in [2.45, 2.75) is 6.92 Å². The Labute approximate surface area is 210 Å². The topological polar surface area (TPSA) is 87.6 Å². The smallest absolute Gasteiger partial charge is 0.229 e. The van der Waals surface area contributed by atoms with Gasteiger partial charge in [0.1, 0.15) is 11.6 Å². The third kappa shape index (κ3) is 4.12. The Morgan fingerprint density at radius 2 is 1.78 bits per heavy atom. The number of aromatic amines is 1. The molecule has 0 atom stereocenters. The lowest BCUT2D eigenvalue weighted by atomic mass is 10.2. The first kappa shape index (κ1) is 22.6.